The van der Waals surface area contributed by atoms with Crippen molar-refractivity contribution in [2.75, 3.05) is 5.32 Å². The van der Waals surface area contributed by atoms with Crippen molar-refractivity contribution in [1.29, 1.82) is 0 Å². The van der Waals surface area contributed by atoms with Gasteiger partial charge in [-0.05, 0) is 24.6 Å². The van der Waals surface area contributed by atoms with Crippen LogP contribution >= 0.6 is 23.2 Å². The van der Waals surface area contributed by atoms with E-state index in [0.29, 0.717) is 10.0 Å². The molecule has 0 aliphatic carbocycles. The minimum atomic E-state index is 0.0784. The average molecular weight is 270 g/mol. The van der Waals surface area contributed by atoms with E-state index in [2.05, 4.69) is 10.4 Å². The zero-order valence-electron chi connectivity index (χ0n) is 9.61. The van der Waals surface area contributed by atoms with Crippen molar-refractivity contribution in [2.24, 2.45) is 7.05 Å². The summed E-state index contributed by atoms with van der Waals surface area (Å²) in [5, 5.41) is 8.84. The second kappa shape index (κ2) is 4.98. The molecule has 1 unspecified atom stereocenters. The predicted octanol–water partition coefficient (Wildman–Crippen LogP) is 3.90. The van der Waals surface area contributed by atoms with Gasteiger partial charge in [-0.2, -0.15) is 5.10 Å². The summed E-state index contributed by atoms with van der Waals surface area (Å²) >= 11 is 12.0. The third kappa shape index (κ3) is 2.93. The Hall–Kier alpha value is -1.19. The van der Waals surface area contributed by atoms with Gasteiger partial charge in [0.1, 0.15) is 5.82 Å². The summed E-state index contributed by atoms with van der Waals surface area (Å²) in [6.07, 6.45) is 1.89. The highest BCUT2D eigenvalue weighted by atomic mass is 35.5. The fourth-order valence-electron chi connectivity index (χ4n) is 1.64. The highest BCUT2D eigenvalue weighted by molar-refractivity contribution is 6.35. The monoisotopic (exact) mass is 269 g/mol. The lowest BCUT2D eigenvalue weighted by Gasteiger charge is -2.15. The van der Waals surface area contributed by atoms with E-state index >= 15 is 0 Å². The zero-order valence-corrected chi connectivity index (χ0v) is 11.1. The highest BCUT2D eigenvalue weighted by Crippen LogP contribution is 2.27. The number of halogens is 2. The molecule has 0 spiro atoms. The minimum absolute atomic E-state index is 0.0784. The molecule has 0 aliphatic rings. The predicted molar refractivity (Wildman–Crippen MR) is 71.7 cm³/mol. The molecule has 0 radical (unpaired) electrons. The standard InChI is InChI=1S/C12H13Cl2N3/c1-8(15-12-5-6-17(2)16-12)10-4-3-9(13)7-11(10)14/h3-8H,1-2H3,(H,15,16). The molecule has 0 bridgehead atoms. The van der Waals surface area contributed by atoms with E-state index in [1.54, 1.807) is 10.7 Å². The average Bonchev–Trinajstić information content (AvgIpc) is 2.63. The topological polar surface area (TPSA) is 29.9 Å². The smallest absolute Gasteiger partial charge is 0.148 e. The molecule has 0 saturated carbocycles. The maximum atomic E-state index is 6.15. The molecule has 0 saturated heterocycles. The normalized spacial score (nSPS) is 12.5. The summed E-state index contributed by atoms with van der Waals surface area (Å²) in [7, 11) is 1.88. The quantitative estimate of drug-likeness (QED) is 0.916. The van der Waals surface area contributed by atoms with Gasteiger partial charge >= 0.3 is 0 Å². The largest absolute Gasteiger partial charge is 0.362 e. The second-order valence-corrected chi connectivity index (χ2v) is 4.75. The lowest BCUT2D eigenvalue weighted by molar-refractivity contribution is 0.760. The highest BCUT2D eigenvalue weighted by Gasteiger charge is 2.10. The van der Waals surface area contributed by atoms with Gasteiger partial charge in [-0.25, -0.2) is 0 Å². The molecule has 1 aromatic carbocycles. The van der Waals surface area contributed by atoms with E-state index in [1.807, 2.05) is 38.4 Å². The Morgan fingerprint density at radius 1 is 1.29 bits per heavy atom. The summed E-state index contributed by atoms with van der Waals surface area (Å²) in [5.41, 5.74) is 1.00. The number of hydrogen-bond acceptors (Lipinski definition) is 2. The van der Waals surface area contributed by atoms with Crippen LogP contribution in [0.15, 0.2) is 30.5 Å². The fourth-order valence-corrected chi connectivity index (χ4v) is 2.22. The van der Waals surface area contributed by atoms with E-state index in [1.165, 1.54) is 0 Å². The van der Waals surface area contributed by atoms with E-state index in [4.69, 9.17) is 23.2 Å². The van der Waals surface area contributed by atoms with Crippen molar-refractivity contribution in [1.82, 2.24) is 9.78 Å². The molecular formula is C12H13Cl2N3. The minimum Gasteiger partial charge on any atom is -0.362 e. The van der Waals surface area contributed by atoms with Gasteiger partial charge in [-0.1, -0.05) is 29.3 Å². The lowest BCUT2D eigenvalue weighted by atomic mass is 10.1. The summed E-state index contributed by atoms with van der Waals surface area (Å²) in [4.78, 5) is 0. The van der Waals surface area contributed by atoms with Gasteiger partial charge in [0.05, 0.1) is 6.04 Å². The number of anilines is 1. The fraction of sp³-hybridized carbons (Fsp3) is 0.250. The Balaban J connectivity index is 2.17. The van der Waals surface area contributed by atoms with E-state index in [0.717, 1.165) is 11.4 Å². The van der Waals surface area contributed by atoms with Crippen LogP contribution in [0.4, 0.5) is 5.82 Å². The molecule has 3 nitrogen and oxygen atoms in total. The second-order valence-electron chi connectivity index (χ2n) is 3.91. The molecule has 1 aromatic heterocycles. The Morgan fingerprint density at radius 3 is 2.65 bits per heavy atom. The molecule has 1 atom stereocenters. The summed E-state index contributed by atoms with van der Waals surface area (Å²) in [6, 6.07) is 7.50. The van der Waals surface area contributed by atoms with Crippen LogP contribution < -0.4 is 5.32 Å². The maximum absolute atomic E-state index is 6.15. The van der Waals surface area contributed by atoms with Crippen LogP contribution in [0.2, 0.25) is 10.0 Å². The molecule has 2 aromatic rings. The summed E-state index contributed by atoms with van der Waals surface area (Å²) in [5.74, 6) is 0.825. The molecule has 0 fully saturated rings. The Bertz CT molecular complexity index is 522. The van der Waals surface area contributed by atoms with Gasteiger partial charge in [0.2, 0.25) is 0 Å². The molecule has 17 heavy (non-hydrogen) atoms. The van der Waals surface area contributed by atoms with E-state index in [-0.39, 0.29) is 6.04 Å². The number of aryl methyl sites for hydroxylation is 1. The number of benzene rings is 1. The zero-order chi connectivity index (χ0) is 12.4. The number of rotatable bonds is 3. The molecule has 0 amide bonds. The molecule has 1 heterocycles. The van der Waals surface area contributed by atoms with Crippen molar-refractivity contribution in [3.8, 4) is 0 Å². The third-order valence-electron chi connectivity index (χ3n) is 2.51. The number of hydrogen-bond donors (Lipinski definition) is 1. The van der Waals surface area contributed by atoms with Gasteiger partial charge in [0.15, 0.2) is 0 Å². The van der Waals surface area contributed by atoms with Crippen LogP contribution in [0.5, 0.6) is 0 Å². The van der Waals surface area contributed by atoms with Gasteiger partial charge < -0.3 is 5.32 Å². The number of nitrogens with zero attached hydrogens (tertiary/aromatic N) is 2. The maximum Gasteiger partial charge on any atom is 0.148 e. The van der Waals surface area contributed by atoms with Gasteiger partial charge in [0, 0.05) is 29.4 Å². The van der Waals surface area contributed by atoms with Crippen molar-refractivity contribution in [3.63, 3.8) is 0 Å². The SMILES string of the molecule is CC(Nc1ccn(C)n1)c1ccc(Cl)cc1Cl. The van der Waals surface area contributed by atoms with Gasteiger partial charge in [0.25, 0.3) is 0 Å². The van der Waals surface area contributed by atoms with Crippen molar-refractivity contribution in [3.05, 3.63) is 46.1 Å². The van der Waals surface area contributed by atoms with Crippen LogP contribution in [0.1, 0.15) is 18.5 Å². The Labute approximate surface area is 110 Å². The van der Waals surface area contributed by atoms with E-state index < -0.39 is 0 Å². The summed E-state index contributed by atoms with van der Waals surface area (Å²) < 4.78 is 1.75. The van der Waals surface area contributed by atoms with Crippen LogP contribution in [0.3, 0.4) is 0 Å². The number of aromatic nitrogens is 2. The molecule has 1 N–H and O–H groups in total. The Kier molecular flexibility index (Phi) is 3.60. The molecular weight excluding hydrogens is 257 g/mol. The lowest BCUT2D eigenvalue weighted by Crippen LogP contribution is -2.08. The number of nitrogens with one attached hydrogen (secondary N) is 1. The van der Waals surface area contributed by atoms with Gasteiger partial charge in [-0.3, -0.25) is 4.68 Å². The van der Waals surface area contributed by atoms with Crippen LogP contribution in [-0.2, 0) is 7.05 Å². The molecule has 90 valence electrons. The third-order valence-corrected chi connectivity index (χ3v) is 3.07. The van der Waals surface area contributed by atoms with Crippen molar-refractivity contribution >= 4 is 29.0 Å². The first kappa shape index (κ1) is 12.3. The first-order valence-corrected chi connectivity index (χ1v) is 6.03. The first-order chi connectivity index (χ1) is 8.06. The molecule has 5 heteroatoms. The molecule has 2 rings (SSSR count). The van der Waals surface area contributed by atoms with Crippen LogP contribution in [0, 0.1) is 0 Å². The van der Waals surface area contributed by atoms with Crippen molar-refractivity contribution in [2.45, 2.75) is 13.0 Å². The molecule has 0 aliphatic heterocycles. The summed E-state index contributed by atoms with van der Waals surface area (Å²) in [6.45, 7) is 2.03. The first-order valence-electron chi connectivity index (χ1n) is 5.27. The van der Waals surface area contributed by atoms with Crippen LogP contribution in [0.25, 0.3) is 0 Å². The van der Waals surface area contributed by atoms with Gasteiger partial charge in [-0.15, -0.1) is 0 Å². The van der Waals surface area contributed by atoms with Crippen molar-refractivity contribution < 1.29 is 0 Å². The Morgan fingerprint density at radius 2 is 2.06 bits per heavy atom. The van der Waals surface area contributed by atoms with Crippen LogP contribution in [-0.4, -0.2) is 9.78 Å². The van der Waals surface area contributed by atoms with E-state index in [9.17, 15) is 0 Å².